The Morgan fingerprint density at radius 1 is 1.17 bits per heavy atom. The Labute approximate surface area is 183 Å². The minimum Gasteiger partial charge on any atom is -0.341 e. The minimum atomic E-state index is -0.479. The van der Waals surface area contributed by atoms with Gasteiger partial charge in [-0.05, 0) is 79.0 Å². The maximum absolute atomic E-state index is 13.0. The highest BCUT2D eigenvalue weighted by molar-refractivity contribution is 7.09. The molecule has 1 saturated carbocycles. The van der Waals surface area contributed by atoms with Crippen molar-refractivity contribution in [3.63, 3.8) is 0 Å². The third-order valence-corrected chi connectivity index (χ3v) is 8.21. The van der Waals surface area contributed by atoms with E-state index in [1.54, 1.807) is 0 Å². The Bertz CT molecular complexity index is 791. The van der Waals surface area contributed by atoms with Gasteiger partial charge in [0.05, 0.1) is 6.04 Å². The molecule has 1 unspecified atom stereocenters. The van der Waals surface area contributed by atoms with Crippen LogP contribution in [0.25, 0.3) is 0 Å². The molecule has 2 aliphatic rings. The number of benzene rings is 1. The number of halogens is 1. The normalized spacial score (nSPS) is 20.7. The quantitative estimate of drug-likeness (QED) is 0.674. The first kappa shape index (κ1) is 20.9. The van der Waals surface area contributed by atoms with Crippen molar-refractivity contribution in [3.05, 3.63) is 57.2 Å². The van der Waals surface area contributed by atoms with Crippen molar-refractivity contribution in [2.45, 2.75) is 57.4 Å². The molecule has 0 bridgehead atoms. The molecule has 1 aromatic carbocycles. The van der Waals surface area contributed by atoms with Crippen LogP contribution in [0.5, 0.6) is 0 Å². The Morgan fingerprint density at radius 2 is 1.86 bits per heavy atom. The molecule has 1 atom stereocenters. The first-order chi connectivity index (χ1) is 14.1. The summed E-state index contributed by atoms with van der Waals surface area (Å²) in [6.07, 6.45) is 9.40. The van der Waals surface area contributed by atoms with Crippen molar-refractivity contribution >= 4 is 28.8 Å². The van der Waals surface area contributed by atoms with Crippen LogP contribution in [0.2, 0.25) is 5.02 Å². The molecule has 1 saturated heterocycles. The summed E-state index contributed by atoms with van der Waals surface area (Å²) < 4.78 is 0. The maximum Gasteiger partial charge on any atom is 0.239 e. The number of piperidine rings is 1. The zero-order valence-corrected chi connectivity index (χ0v) is 18.6. The van der Waals surface area contributed by atoms with Gasteiger partial charge in [-0.15, -0.1) is 11.3 Å². The van der Waals surface area contributed by atoms with Gasteiger partial charge in [-0.25, -0.2) is 0 Å². The second-order valence-electron chi connectivity index (χ2n) is 8.86. The highest BCUT2D eigenvalue weighted by Crippen LogP contribution is 2.49. The summed E-state index contributed by atoms with van der Waals surface area (Å²) >= 11 is 7.84. The van der Waals surface area contributed by atoms with E-state index in [0.29, 0.717) is 16.9 Å². The molecular weight excluding hydrogens is 400 g/mol. The first-order valence-electron chi connectivity index (χ1n) is 10.9. The van der Waals surface area contributed by atoms with E-state index in [1.807, 2.05) is 40.5 Å². The van der Waals surface area contributed by atoms with E-state index in [0.717, 1.165) is 37.4 Å². The van der Waals surface area contributed by atoms with Gasteiger partial charge in [0, 0.05) is 23.0 Å². The number of likely N-dealkylation sites (tertiary alicyclic amines) is 1. The number of carbonyl (C=O) groups is 1. The van der Waals surface area contributed by atoms with Gasteiger partial charge in [0.25, 0.3) is 0 Å². The number of thiophene rings is 1. The predicted molar refractivity (Wildman–Crippen MR) is 121 cm³/mol. The fourth-order valence-corrected chi connectivity index (χ4v) is 6.38. The Hall–Kier alpha value is -1.36. The predicted octanol–water partition coefficient (Wildman–Crippen LogP) is 5.31. The molecule has 29 heavy (non-hydrogen) atoms. The molecule has 0 radical (unpaired) electrons. The highest BCUT2D eigenvalue weighted by Gasteiger charge is 2.43. The molecule has 2 aromatic rings. The molecule has 1 aromatic heterocycles. The van der Waals surface area contributed by atoms with E-state index in [4.69, 9.17) is 17.3 Å². The molecule has 1 aliphatic heterocycles. The fourth-order valence-electron chi connectivity index (χ4n) is 5.40. The van der Waals surface area contributed by atoms with Crippen LogP contribution < -0.4 is 5.73 Å². The van der Waals surface area contributed by atoms with E-state index in [2.05, 4.69) is 17.5 Å². The lowest BCUT2D eigenvalue weighted by molar-refractivity contribution is -0.135. The number of amides is 1. The summed E-state index contributed by atoms with van der Waals surface area (Å²) in [6, 6.07) is 11.6. The molecule has 1 amide bonds. The molecule has 2 N–H and O–H groups in total. The van der Waals surface area contributed by atoms with Crippen LogP contribution in [0, 0.1) is 11.3 Å². The number of hydrogen-bond acceptors (Lipinski definition) is 3. The zero-order chi connectivity index (χ0) is 20.3. The third kappa shape index (κ3) is 4.87. The van der Waals surface area contributed by atoms with Crippen LogP contribution in [0.15, 0.2) is 41.8 Å². The van der Waals surface area contributed by atoms with E-state index < -0.39 is 6.04 Å². The topological polar surface area (TPSA) is 46.3 Å². The molecule has 4 rings (SSSR count). The summed E-state index contributed by atoms with van der Waals surface area (Å²) in [5.41, 5.74) is 7.71. The summed E-state index contributed by atoms with van der Waals surface area (Å²) in [6.45, 7) is 1.68. The molecule has 2 heterocycles. The molecule has 1 aliphatic carbocycles. The Balaban J connectivity index is 1.39. The lowest BCUT2D eigenvalue weighted by Gasteiger charge is -2.46. The van der Waals surface area contributed by atoms with Crippen LogP contribution in [0.4, 0.5) is 0 Å². The smallest absolute Gasteiger partial charge is 0.239 e. The fraction of sp³-hybridized carbons (Fsp3) is 0.542. The molecule has 3 nitrogen and oxygen atoms in total. The van der Waals surface area contributed by atoms with Gasteiger partial charge < -0.3 is 10.6 Å². The second kappa shape index (κ2) is 9.20. The summed E-state index contributed by atoms with van der Waals surface area (Å²) in [4.78, 5) is 16.5. The number of hydrogen-bond donors (Lipinski definition) is 1. The average Bonchev–Trinajstić information content (AvgIpc) is 3.44. The average molecular weight is 431 g/mol. The van der Waals surface area contributed by atoms with Crippen LogP contribution in [0.3, 0.4) is 0 Å². The van der Waals surface area contributed by atoms with E-state index in [9.17, 15) is 4.79 Å². The van der Waals surface area contributed by atoms with Crippen LogP contribution in [-0.2, 0) is 17.6 Å². The zero-order valence-electron chi connectivity index (χ0n) is 17.0. The molecule has 5 heteroatoms. The summed E-state index contributed by atoms with van der Waals surface area (Å²) in [7, 11) is 0. The summed E-state index contributed by atoms with van der Waals surface area (Å²) in [5.74, 6) is 0.903. The van der Waals surface area contributed by atoms with E-state index in [-0.39, 0.29) is 5.91 Å². The third-order valence-electron chi connectivity index (χ3n) is 7.08. The molecular formula is C24H31ClN2OS. The molecule has 2 fully saturated rings. The van der Waals surface area contributed by atoms with Crippen molar-refractivity contribution in [2.24, 2.45) is 17.1 Å². The van der Waals surface area contributed by atoms with Gasteiger partial charge in [-0.3, -0.25) is 4.79 Å². The Morgan fingerprint density at radius 3 is 2.48 bits per heavy atom. The molecule has 0 spiro atoms. The highest BCUT2D eigenvalue weighted by atomic mass is 35.5. The van der Waals surface area contributed by atoms with Crippen molar-refractivity contribution in [2.75, 3.05) is 13.1 Å². The SMILES string of the molecule is NC(Cc1ccc(Cl)cc1)C(=O)N1CCC(Cc2cccs2)(C2CCCC2)CC1. The van der Waals surface area contributed by atoms with Gasteiger partial charge >= 0.3 is 0 Å². The standard InChI is InChI=1S/C24H31ClN2OS/c25-20-9-7-18(8-10-20)16-22(26)23(28)27-13-11-24(12-14-27,19-4-1-2-5-19)17-21-6-3-15-29-21/h3,6-10,15,19,22H,1-2,4-5,11-14,16-17,26H2. The summed E-state index contributed by atoms with van der Waals surface area (Å²) in [5, 5.41) is 2.89. The lowest BCUT2D eigenvalue weighted by Crippen LogP contribution is -2.51. The second-order valence-corrected chi connectivity index (χ2v) is 10.3. The molecule has 156 valence electrons. The van der Waals surface area contributed by atoms with Gasteiger partial charge in [0.1, 0.15) is 0 Å². The van der Waals surface area contributed by atoms with E-state index in [1.165, 1.54) is 37.0 Å². The lowest BCUT2D eigenvalue weighted by atomic mass is 9.65. The van der Waals surface area contributed by atoms with Crippen molar-refractivity contribution in [1.29, 1.82) is 0 Å². The van der Waals surface area contributed by atoms with Crippen molar-refractivity contribution < 1.29 is 4.79 Å². The number of rotatable bonds is 6. The van der Waals surface area contributed by atoms with Crippen molar-refractivity contribution in [1.82, 2.24) is 4.90 Å². The monoisotopic (exact) mass is 430 g/mol. The number of nitrogens with two attached hydrogens (primary N) is 1. The number of nitrogens with zero attached hydrogens (tertiary/aromatic N) is 1. The van der Waals surface area contributed by atoms with Gasteiger partial charge in [0.2, 0.25) is 5.91 Å². The van der Waals surface area contributed by atoms with Crippen LogP contribution in [-0.4, -0.2) is 29.9 Å². The van der Waals surface area contributed by atoms with Gasteiger partial charge in [-0.2, -0.15) is 0 Å². The largest absolute Gasteiger partial charge is 0.341 e. The Kier molecular flexibility index (Phi) is 6.63. The van der Waals surface area contributed by atoms with Crippen LogP contribution >= 0.6 is 22.9 Å². The van der Waals surface area contributed by atoms with E-state index >= 15 is 0 Å². The number of carbonyl (C=O) groups excluding carboxylic acids is 1. The first-order valence-corrected chi connectivity index (χ1v) is 12.1. The van der Waals surface area contributed by atoms with Gasteiger partial charge in [0.15, 0.2) is 0 Å². The van der Waals surface area contributed by atoms with Crippen molar-refractivity contribution in [3.8, 4) is 0 Å². The van der Waals surface area contributed by atoms with Crippen LogP contribution in [0.1, 0.15) is 49.0 Å². The minimum absolute atomic E-state index is 0.0936. The van der Waals surface area contributed by atoms with Gasteiger partial charge in [-0.1, -0.05) is 42.6 Å². The maximum atomic E-state index is 13.0.